The van der Waals surface area contributed by atoms with Gasteiger partial charge in [0, 0.05) is 26.1 Å². The molecule has 3 aliphatic rings. The first-order valence-corrected chi connectivity index (χ1v) is 17.0. The number of aliphatic hydroxyl groups excluding tert-OH is 1. The number of halogens is 1. The molecule has 3 fully saturated rings. The highest BCUT2D eigenvalue weighted by Gasteiger charge is 2.75. The highest BCUT2D eigenvalue weighted by Crippen LogP contribution is 2.59. The predicted octanol–water partition coefficient (Wildman–Crippen LogP) is 4.76. The van der Waals surface area contributed by atoms with Crippen molar-refractivity contribution in [1.29, 1.82) is 0 Å². The fourth-order valence-electron chi connectivity index (χ4n) is 7.53. The summed E-state index contributed by atoms with van der Waals surface area (Å²) in [4.78, 5) is 59.0. The number of aliphatic hydroxyl groups is 1. The Kier molecular flexibility index (Phi) is 11.4. The van der Waals surface area contributed by atoms with E-state index in [1.807, 2.05) is 30.3 Å². The number of unbranched alkanes of at least 4 members (excludes halogenated alkanes) is 1. The van der Waals surface area contributed by atoms with Crippen molar-refractivity contribution in [2.45, 2.75) is 75.3 Å². The Morgan fingerprint density at radius 2 is 1.88 bits per heavy atom. The number of nitrogens with zero attached hydrogens (tertiary/aromatic N) is 2. The van der Waals surface area contributed by atoms with Gasteiger partial charge in [-0.1, -0.05) is 66.2 Å². The summed E-state index contributed by atoms with van der Waals surface area (Å²) in [5, 5.41) is 12.8. The third-order valence-corrected chi connectivity index (χ3v) is 9.94. The molecule has 256 valence electrons. The van der Waals surface area contributed by atoms with E-state index in [9.17, 15) is 24.3 Å². The lowest BCUT2D eigenvalue weighted by molar-refractivity contribution is -0.162. The number of nitrogens with one attached hydrogen (secondary N) is 1. The molecule has 11 heteroatoms. The van der Waals surface area contributed by atoms with Crippen LogP contribution >= 0.6 is 11.6 Å². The van der Waals surface area contributed by atoms with Gasteiger partial charge in [0.15, 0.2) is 0 Å². The maximum absolute atomic E-state index is 14.6. The predicted molar refractivity (Wildman–Crippen MR) is 182 cm³/mol. The number of ether oxygens (including phenoxy) is 2. The van der Waals surface area contributed by atoms with E-state index in [0.29, 0.717) is 48.4 Å². The van der Waals surface area contributed by atoms with Crippen LogP contribution in [-0.4, -0.2) is 77.2 Å². The van der Waals surface area contributed by atoms with Gasteiger partial charge in [-0.25, -0.2) is 0 Å². The molecule has 0 unspecified atom stereocenters. The largest absolute Gasteiger partial charge is 0.455 e. The first-order valence-electron chi connectivity index (χ1n) is 16.6. The molecule has 3 saturated heterocycles. The Morgan fingerprint density at radius 1 is 1.15 bits per heavy atom. The van der Waals surface area contributed by atoms with Crippen LogP contribution < -0.4 is 10.2 Å². The smallest absolute Gasteiger partial charge is 0.313 e. The molecule has 2 aromatic carbocycles. The Morgan fingerprint density at radius 3 is 2.56 bits per heavy atom. The Bertz CT molecular complexity index is 1520. The number of rotatable bonds is 16. The lowest BCUT2D eigenvalue weighted by Gasteiger charge is -2.37. The lowest BCUT2D eigenvalue weighted by atomic mass is 9.70. The number of fused-ring (bicyclic) bond motifs is 1. The number of benzene rings is 2. The normalized spacial score (nSPS) is 25.2. The molecule has 3 heterocycles. The minimum atomic E-state index is -1.25. The minimum absolute atomic E-state index is 0.0614. The van der Waals surface area contributed by atoms with Crippen LogP contribution in [-0.2, 0) is 28.7 Å². The average molecular weight is 678 g/mol. The van der Waals surface area contributed by atoms with E-state index in [-0.39, 0.29) is 43.8 Å². The number of esters is 1. The number of anilines is 1. The maximum atomic E-state index is 14.6. The monoisotopic (exact) mass is 677 g/mol. The van der Waals surface area contributed by atoms with Crippen molar-refractivity contribution >= 4 is 41.0 Å². The summed E-state index contributed by atoms with van der Waals surface area (Å²) in [6.07, 6.45) is 4.34. The molecule has 1 spiro atoms. The third-order valence-electron chi connectivity index (χ3n) is 9.62. The van der Waals surface area contributed by atoms with Gasteiger partial charge in [0.2, 0.25) is 11.8 Å². The summed E-state index contributed by atoms with van der Waals surface area (Å²) in [6, 6.07) is 14.5. The highest BCUT2D eigenvalue weighted by molar-refractivity contribution is 6.34. The third kappa shape index (κ3) is 6.79. The average Bonchev–Trinajstić information content (AvgIpc) is 3.73. The fourth-order valence-corrected chi connectivity index (χ4v) is 7.77. The van der Waals surface area contributed by atoms with Gasteiger partial charge in [-0.3, -0.25) is 19.2 Å². The first kappa shape index (κ1) is 35.3. The van der Waals surface area contributed by atoms with Crippen LogP contribution in [0.1, 0.15) is 57.1 Å². The summed E-state index contributed by atoms with van der Waals surface area (Å²) in [5.41, 5.74) is -0.0859. The number of likely N-dealkylation sites (tertiary alicyclic amines) is 1. The van der Waals surface area contributed by atoms with Gasteiger partial charge < -0.3 is 29.7 Å². The topological polar surface area (TPSA) is 125 Å². The van der Waals surface area contributed by atoms with Crippen molar-refractivity contribution in [3.63, 3.8) is 0 Å². The van der Waals surface area contributed by atoms with Crippen LogP contribution in [0.25, 0.3) is 0 Å². The van der Waals surface area contributed by atoms with Crippen molar-refractivity contribution < 1.29 is 33.8 Å². The lowest BCUT2D eigenvalue weighted by Crippen LogP contribution is -2.56. The molecule has 48 heavy (non-hydrogen) atoms. The summed E-state index contributed by atoms with van der Waals surface area (Å²) in [6.45, 7) is 9.57. The number of allylic oxidation sites excluding steroid dienone is 1. The number of carbonyl (C=O) groups excluding carboxylic acids is 4. The number of amides is 3. The molecule has 3 amide bonds. The summed E-state index contributed by atoms with van der Waals surface area (Å²) in [7, 11) is 0. The van der Waals surface area contributed by atoms with Crippen LogP contribution in [0.2, 0.25) is 5.02 Å². The second-order valence-electron chi connectivity index (χ2n) is 12.7. The molecule has 0 saturated carbocycles. The van der Waals surface area contributed by atoms with E-state index >= 15 is 0 Å². The van der Waals surface area contributed by atoms with E-state index in [2.05, 4.69) is 18.5 Å². The Hall–Kier alpha value is -3.99. The highest BCUT2D eigenvalue weighted by atomic mass is 35.5. The van der Waals surface area contributed by atoms with E-state index < -0.39 is 47.7 Å². The standard InChI is InChI=1S/C37H44ClN3O7/c1-4-6-18-29(43)39-24(3)32(25-14-8-7-9-15-25)47-36(46)30-28-19-20-37(48-28)31(30)34(44)41(22-12-13-23-42)33(37)35(45)40(21-5-2)27-17-11-10-16-26(27)38/h4-5,7-11,14-17,24,28,30-33,42H,1-2,6,12-13,18-23H2,3H3,(H,39,43)/t24-,28-,30+,31+,32-,33-,37+/m1/s1. The van der Waals surface area contributed by atoms with Crippen LogP contribution in [0.15, 0.2) is 79.9 Å². The Balaban J connectivity index is 1.47. The SMILES string of the molecule is C=CCCC(=O)N[C@H](C)[C@@H](OC(=O)[C@@H]1[C@H]2C(=O)N(CCCCO)[C@H](C(=O)N(CC=C)c3ccccc3Cl)[C@]23CC[C@H]1O3)c1ccccc1. The zero-order valence-corrected chi connectivity index (χ0v) is 28.0. The number of para-hydroxylation sites is 1. The molecule has 2 bridgehead atoms. The summed E-state index contributed by atoms with van der Waals surface area (Å²) >= 11 is 6.55. The van der Waals surface area contributed by atoms with Gasteiger partial charge >= 0.3 is 5.97 Å². The van der Waals surface area contributed by atoms with Gasteiger partial charge in [-0.05, 0) is 56.7 Å². The second kappa shape index (κ2) is 15.5. The molecule has 5 rings (SSSR count). The fraction of sp³-hybridized carbons (Fsp3) is 0.459. The van der Waals surface area contributed by atoms with E-state index in [1.165, 1.54) is 9.80 Å². The van der Waals surface area contributed by atoms with Crippen molar-refractivity contribution in [3.05, 3.63) is 90.5 Å². The van der Waals surface area contributed by atoms with Gasteiger partial charge in [0.1, 0.15) is 17.7 Å². The van der Waals surface area contributed by atoms with Crippen LogP contribution in [0.3, 0.4) is 0 Å². The van der Waals surface area contributed by atoms with Crippen LogP contribution in [0.5, 0.6) is 0 Å². The molecule has 2 N–H and O–H groups in total. The first-order chi connectivity index (χ1) is 23.2. The van der Waals surface area contributed by atoms with Gasteiger partial charge in [0.25, 0.3) is 5.91 Å². The van der Waals surface area contributed by atoms with Gasteiger partial charge in [-0.2, -0.15) is 0 Å². The maximum Gasteiger partial charge on any atom is 0.313 e. The second-order valence-corrected chi connectivity index (χ2v) is 13.1. The van der Waals surface area contributed by atoms with Crippen molar-refractivity contribution in [3.8, 4) is 0 Å². The zero-order chi connectivity index (χ0) is 34.4. The van der Waals surface area contributed by atoms with Crippen molar-refractivity contribution in [2.24, 2.45) is 11.8 Å². The van der Waals surface area contributed by atoms with E-state index in [1.54, 1.807) is 43.3 Å². The molecule has 7 atom stereocenters. The molecule has 0 aliphatic carbocycles. The summed E-state index contributed by atoms with van der Waals surface area (Å²) in [5.74, 6) is -3.44. The number of hydrogen-bond donors (Lipinski definition) is 2. The number of carbonyl (C=O) groups is 4. The molecule has 10 nitrogen and oxygen atoms in total. The zero-order valence-electron chi connectivity index (χ0n) is 27.3. The van der Waals surface area contributed by atoms with Crippen LogP contribution in [0.4, 0.5) is 5.69 Å². The molecular formula is C37H44ClN3O7. The molecule has 0 aromatic heterocycles. The molecular weight excluding hydrogens is 634 g/mol. The molecule has 2 aromatic rings. The summed E-state index contributed by atoms with van der Waals surface area (Å²) < 4.78 is 12.8. The molecule has 0 radical (unpaired) electrons. The van der Waals surface area contributed by atoms with Crippen LogP contribution in [0, 0.1) is 11.8 Å². The minimum Gasteiger partial charge on any atom is -0.455 e. The Labute approximate surface area is 286 Å². The van der Waals surface area contributed by atoms with Gasteiger partial charge in [0.05, 0.1) is 34.7 Å². The van der Waals surface area contributed by atoms with E-state index in [0.717, 1.165) is 0 Å². The number of hydrogen-bond acceptors (Lipinski definition) is 7. The van der Waals surface area contributed by atoms with E-state index in [4.69, 9.17) is 21.1 Å². The van der Waals surface area contributed by atoms with Crippen molar-refractivity contribution in [2.75, 3.05) is 24.6 Å². The quantitative estimate of drug-likeness (QED) is 0.149. The molecule has 3 aliphatic heterocycles. The van der Waals surface area contributed by atoms with Crippen molar-refractivity contribution in [1.82, 2.24) is 10.2 Å². The van der Waals surface area contributed by atoms with Gasteiger partial charge in [-0.15, -0.1) is 13.2 Å².